The van der Waals surface area contributed by atoms with E-state index in [1.165, 1.54) is 92.0 Å². The van der Waals surface area contributed by atoms with Gasteiger partial charge >= 0.3 is 35.8 Å². The van der Waals surface area contributed by atoms with E-state index >= 15 is 0 Å². The predicted octanol–water partition coefficient (Wildman–Crippen LogP) is 7.89. The van der Waals surface area contributed by atoms with Crippen molar-refractivity contribution in [2.75, 3.05) is 20.3 Å². The Hall–Kier alpha value is -9.20. The molecule has 2 saturated heterocycles. The second-order valence-electron chi connectivity index (χ2n) is 17.8. The first kappa shape index (κ1) is 54.6. The van der Waals surface area contributed by atoms with Crippen LogP contribution in [0.4, 0.5) is 0 Å². The second kappa shape index (κ2) is 26.2. The molecule has 0 bridgehead atoms. The molecule has 0 unspecified atom stereocenters. The summed E-state index contributed by atoms with van der Waals surface area (Å²) in [5, 5.41) is 12.6. The summed E-state index contributed by atoms with van der Waals surface area (Å²) in [4.78, 5) is 84.1. The summed E-state index contributed by atoms with van der Waals surface area (Å²) in [7, 11) is 1.47. The van der Waals surface area contributed by atoms with E-state index in [1.54, 1.807) is 121 Å². The highest BCUT2D eigenvalue weighted by Crippen LogP contribution is 2.37. The molecule has 0 aromatic heterocycles. The zero-order valence-corrected chi connectivity index (χ0v) is 42.2. The van der Waals surface area contributed by atoms with Crippen LogP contribution in [0.3, 0.4) is 0 Å². The van der Waals surface area contributed by atoms with E-state index in [0.717, 1.165) is 0 Å². The SMILES string of the molecule is COc1ccc(O[C@H]2O[C@H](COC(=O)c3ccccc3)[C@@H](OC(=O)c3ccccc3)[C@H](O[C@H]3O[C@H](COC(=O)c4ccccc4)[C@@H](OC(=O)c4ccccc4)[C@H](O)[C@@H]3OC(=O)c3ccccc3)[C@@H]2OC(=O)c2ccccc2)cc1. The molecule has 79 heavy (non-hydrogen) atoms. The Morgan fingerprint density at radius 3 is 1.08 bits per heavy atom. The fraction of sp³-hybridized carbons (Fsp3) is 0.213. The van der Waals surface area contributed by atoms with Crippen LogP contribution in [0.5, 0.6) is 11.5 Å². The van der Waals surface area contributed by atoms with Gasteiger partial charge < -0.3 is 57.2 Å². The maximum atomic E-state index is 14.4. The lowest BCUT2D eigenvalue weighted by atomic mass is 9.95. The van der Waals surface area contributed by atoms with Crippen LogP contribution in [0.15, 0.2) is 206 Å². The molecule has 10 atom stereocenters. The molecule has 1 N–H and O–H groups in total. The number of ether oxygens (including phenoxy) is 11. The van der Waals surface area contributed by atoms with Crippen LogP contribution in [-0.4, -0.2) is 123 Å². The Bertz CT molecular complexity index is 3130. The molecule has 7 aromatic carbocycles. The quantitative estimate of drug-likeness (QED) is 0.0600. The number of benzene rings is 7. The highest BCUT2D eigenvalue weighted by molar-refractivity contribution is 5.92. The number of methoxy groups -OCH3 is 1. The third-order valence-electron chi connectivity index (χ3n) is 12.6. The van der Waals surface area contributed by atoms with E-state index in [1.807, 2.05) is 0 Å². The van der Waals surface area contributed by atoms with Crippen molar-refractivity contribution in [1.29, 1.82) is 0 Å². The Balaban J connectivity index is 1.17. The molecule has 0 aliphatic carbocycles. The van der Waals surface area contributed by atoms with Crippen molar-refractivity contribution in [1.82, 2.24) is 0 Å². The predicted molar refractivity (Wildman–Crippen MR) is 278 cm³/mol. The van der Waals surface area contributed by atoms with E-state index in [2.05, 4.69) is 0 Å². The van der Waals surface area contributed by atoms with Gasteiger partial charge in [-0.2, -0.15) is 0 Å². The Morgan fingerprint density at radius 1 is 0.367 bits per heavy atom. The van der Waals surface area contributed by atoms with Crippen molar-refractivity contribution in [3.63, 3.8) is 0 Å². The normalized spacial score (nSPS) is 22.4. The first-order chi connectivity index (χ1) is 38.5. The third kappa shape index (κ3) is 13.9. The second-order valence-corrected chi connectivity index (χ2v) is 17.8. The first-order valence-corrected chi connectivity index (χ1v) is 25.0. The summed E-state index contributed by atoms with van der Waals surface area (Å²) < 4.78 is 68.2. The number of esters is 6. The van der Waals surface area contributed by atoms with Gasteiger partial charge in [-0.05, 0) is 97.1 Å². The van der Waals surface area contributed by atoms with E-state index in [0.29, 0.717) is 5.75 Å². The largest absolute Gasteiger partial charge is 0.497 e. The number of carbonyl (C=O) groups excluding carboxylic acids is 6. The van der Waals surface area contributed by atoms with Crippen LogP contribution in [-0.2, 0) is 42.6 Å². The van der Waals surface area contributed by atoms with Crippen molar-refractivity contribution in [3.05, 3.63) is 240 Å². The molecule has 0 saturated carbocycles. The van der Waals surface area contributed by atoms with Crippen LogP contribution >= 0.6 is 0 Å². The number of aliphatic hydroxyl groups is 1. The fourth-order valence-corrected chi connectivity index (χ4v) is 8.58. The number of hydrogen-bond acceptors (Lipinski definition) is 18. The lowest BCUT2D eigenvalue weighted by Gasteiger charge is -2.48. The van der Waals surface area contributed by atoms with Gasteiger partial charge in [-0.3, -0.25) is 0 Å². The minimum atomic E-state index is -2.05. The van der Waals surface area contributed by atoms with Crippen molar-refractivity contribution in [2.45, 2.75) is 61.4 Å². The highest BCUT2D eigenvalue weighted by atomic mass is 16.8. The molecule has 0 radical (unpaired) electrons. The van der Waals surface area contributed by atoms with Gasteiger partial charge in [0.1, 0.15) is 49.1 Å². The molecule has 2 heterocycles. The van der Waals surface area contributed by atoms with Gasteiger partial charge in [-0.1, -0.05) is 109 Å². The number of aliphatic hydroxyl groups excluding tert-OH is 1. The van der Waals surface area contributed by atoms with Gasteiger partial charge in [0.15, 0.2) is 30.7 Å². The summed E-state index contributed by atoms with van der Waals surface area (Å²) in [6.07, 6.45) is -18.1. The number of hydrogen-bond donors (Lipinski definition) is 1. The topological polar surface area (TPSA) is 224 Å². The maximum absolute atomic E-state index is 14.4. The smallest absolute Gasteiger partial charge is 0.338 e. The molecular weight excluding hydrogens is 1020 g/mol. The highest BCUT2D eigenvalue weighted by Gasteiger charge is 2.58. The van der Waals surface area contributed by atoms with Crippen molar-refractivity contribution >= 4 is 35.8 Å². The Labute approximate surface area is 453 Å². The number of carbonyl (C=O) groups is 6. The molecule has 7 aromatic rings. The van der Waals surface area contributed by atoms with Gasteiger partial charge in [-0.15, -0.1) is 0 Å². The van der Waals surface area contributed by atoms with Crippen LogP contribution in [0, 0.1) is 0 Å². The Kier molecular flexibility index (Phi) is 18.1. The molecule has 18 heteroatoms. The standard InChI is InChI=1S/C61H52O18/c1-69-44-32-34-45(35-33-44)72-61-53(78-59(68)43-30-18-7-19-31-43)52(50(76-57(66)41-26-14-5-15-27-41)47(74-61)37-71-55(64)39-22-10-3-11-23-39)79-60-51(77-58(67)42-28-16-6-17-29-42)48(62)49(75-56(65)40-24-12-4-13-25-40)46(73-60)36-70-54(63)38-20-8-2-9-21-38/h2-35,46-53,60-62H,36-37H2,1H3/t46-,47-,48+,49-,50-,51+,52+,53+,60-,61+/m1/s1. The molecule has 18 nitrogen and oxygen atoms in total. The minimum Gasteiger partial charge on any atom is -0.497 e. The molecule has 2 fully saturated rings. The van der Waals surface area contributed by atoms with Crippen molar-refractivity contribution < 1.29 is 86.0 Å². The third-order valence-corrected chi connectivity index (χ3v) is 12.6. The molecular formula is C61H52O18. The van der Waals surface area contributed by atoms with E-state index in [-0.39, 0.29) is 39.1 Å². The molecule has 2 aliphatic rings. The first-order valence-electron chi connectivity index (χ1n) is 25.0. The van der Waals surface area contributed by atoms with Crippen molar-refractivity contribution in [2.24, 2.45) is 0 Å². The monoisotopic (exact) mass is 1070 g/mol. The lowest BCUT2D eigenvalue weighted by molar-refractivity contribution is -0.350. The summed E-state index contributed by atoms with van der Waals surface area (Å²) in [5.74, 6) is -4.83. The lowest BCUT2D eigenvalue weighted by Crippen LogP contribution is -2.67. The minimum absolute atomic E-state index is 0.0221. The molecule has 0 amide bonds. The zero-order valence-electron chi connectivity index (χ0n) is 42.2. The van der Waals surface area contributed by atoms with Crippen LogP contribution in [0.1, 0.15) is 62.1 Å². The van der Waals surface area contributed by atoms with E-state index in [9.17, 15) is 33.9 Å². The van der Waals surface area contributed by atoms with Gasteiger partial charge in [0.2, 0.25) is 6.29 Å². The van der Waals surface area contributed by atoms with Gasteiger partial charge in [0, 0.05) is 0 Å². The summed E-state index contributed by atoms with van der Waals surface area (Å²) in [6, 6.07) is 53.5. The van der Waals surface area contributed by atoms with Crippen LogP contribution in [0.25, 0.3) is 0 Å². The van der Waals surface area contributed by atoms with Crippen LogP contribution in [0.2, 0.25) is 0 Å². The average molecular weight is 1070 g/mol. The molecule has 2 aliphatic heterocycles. The molecule has 0 spiro atoms. The summed E-state index contributed by atoms with van der Waals surface area (Å²) in [6.45, 7) is -1.36. The van der Waals surface area contributed by atoms with E-state index in [4.69, 9.17) is 52.1 Å². The van der Waals surface area contributed by atoms with Gasteiger partial charge in [0.25, 0.3) is 0 Å². The average Bonchev–Trinajstić information content (AvgIpc) is 3.58. The fourth-order valence-electron chi connectivity index (χ4n) is 8.58. The zero-order chi connectivity index (χ0) is 55.1. The maximum Gasteiger partial charge on any atom is 0.338 e. The summed E-state index contributed by atoms with van der Waals surface area (Å²) >= 11 is 0. The van der Waals surface area contributed by atoms with Gasteiger partial charge in [0.05, 0.1) is 40.5 Å². The van der Waals surface area contributed by atoms with Gasteiger partial charge in [-0.25, -0.2) is 28.8 Å². The number of rotatable bonds is 19. The molecule has 9 rings (SSSR count). The molecule has 404 valence electrons. The summed E-state index contributed by atoms with van der Waals surface area (Å²) in [5.41, 5.74) is 0.518. The Morgan fingerprint density at radius 2 is 0.684 bits per heavy atom. The van der Waals surface area contributed by atoms with Crippen molar-refractivity contribution in [3.8, 4) is 11.5 Å². The van der Waals surface area contributed by atoms with E-state index < -0.39 is 110 Å². The van der Waals surface area contributed by atoms with Crippen LogP contribution < -0.4 is 9.47 Å².